The summed E-state index contributed by atoms with van der Waals surface area (Å²) in [6.45, 7) is 7.76. The number of fused-ring (bicyclic) bond motifs is 3. The number of aliphatic hydroxyl groups is 1. The summed E-state index contributed by atoms with van der Waals surface area (Å²) in [6.07, 6.45) is 1.32. The van der Waals surface area contributed by atoms with Crippen molar-refractivity contribution < 1.29 is 42.9 Å². The number of benzene rings is 1. The number of nitrogens with zero attached hydrogens (tertiary/aromatic N) is 4. The van der Waals surface area contributed by atoms with Crippen LogP contribution in [-0.2, 0) is 28.5 Å². The monoisotopic (exact) mass is 691 g/mol. The average molecular weight is 692 g/mol. The van der Waals surface area contributed by atoms with Gasteiger partial charge in [0, 0.05) is 50.4 Å². The van der Waals surface area contributed by atoms with Crippen LogP contribution < -0.4 is 10.2 Å². The average Bonchev–Trinajstić information content (AvgIpc) is 3.52. The Balaban J connectivity index is 1.21. The molecule has 1 amide bonds. The molecule has 5 rings (SSSR count). The molecule has 0 spiro atoms. The van der Waals surface area contributed by atoms with Crippen LogP contribution in [0.25, 0.3) is 33.6 Å². The van der Waals surface area contributed by atoms with Crippen molar-refractivity contribution >= 4 is 45.7 Å². The van der Waals surface area contributed by atoms with Crippen LogP contribution in [0.5, 0.6) is 0 Å². The lowest BCUT2D eigenvalue weighted by Gasteiger charge is -2.27. The topological polar surface area (TPSA) is 175 Å². The molecule has 4 heterocycles. The van der Waals surface area contributed by atoms with Crippen LogP contribution in [0.15, 0.2) is 47.0 Å². The number of amides is 1. The van der Waals surface area contributed by atoms with Crippen molar-refractivity contribution in [2.24, 2.45) is 5.92 Å². The summed E-state index contributed by atoms with van der Waals surface area (Å²) in [4.78, 5) is 54.9. The molecule has 0 bridgehead atoms. The van der Waals surface area contributed by atoms with E-state index in [1.165, 1.54) is 7.11 Å². The Morgan fingerprint density at radius 3 is 2.50 bits per heavy atom. The highest BCUT2D eigenvalue weighted by Gasteiger charge is 2.27. The summed E-state index contributed by atoms with van der Waals surface area (Å²) in [5.41, 5.74) is 2.86. The van der Waals surface area contributed by atoms with E-state index in [-0.39, 0.29) is 50.1 Å². The molecule has 1 aromatic carbocycles. The second-order valence-corrected chi connectivity index (χ2v) is 12.4. The number of anilines is 1. The number of pyridine rings is 1. The number of carbonyl (C=O) groups excluding carboxylic acids is 3. The number of aliphatic hydroxyl groups excluding tert-OH is 1. The van der Waals surface area contributed by atoms with Gasteiger partial charge in [0.15, 0.2) is 29.3 Å². The van der Waals surface area contributed by atoms with Gasteiger partial charge < -0.3 is 38.7 Å². The Kier molecular flexibility index (Phi) is 12.8. The molecule has 0 saturated carbocycles. The minimum atomic E-state index is -0.802. The number of Topliss-reactive ketones (excluding diaryl/α,β-unsaturated/α-hetero) is 1. The summed E-state index contributed by atoms with van der Waals surface area (Å²) in [6, 6.07) is 10.0. The number of furan rings is 1. The first-order valence-electron chi connectivity index (χ1n) is 17.0. The molecule has 4 aromatic rings. The van der Waals surface area contributed by atoms with Crippen molar-refractivity contribution in [2.45, 2.75) is 64.9 Å². The largest absolute Gasteiger partial charge is 0.460 e. The molecule has 268 valence electrons. The molecule has 1 fully saturated rings. The third-order valence-corrected chi connectivity index (χ3v) is 8.51. The fourth-order valence-corrected chi connectivity index (χ4v) is 5.60. The van der Waals surface area contributed by atoms with Crippen LogP contribution in [-0.4, -0.2) is 103 Å². The molecule has 50 heavy (non-hydrogen) atoms. The summed E-state index contributed by atoms with van der Waals surface area (Å²) in [5.74, 6) is -0.105. The molecule has 0 radical (unpaired) electrons. The van der Waals surface area contributed by atoms with E-state index in [0.717, 1.165) is 10.9 Å². The number of methoxy groups -OCH3 is 1. The van der Waals surface area contributed by atoms with E-state index >= 15 is 0 Å². The van der Waals surface area contributed by atoms with E-state index in [4.69, 9.17) is 33.3 Å². The number of ketones is 1. The number of ether oxygens (including phenoxy) is 4. The minimum absolute atomic E-state index is 0.00898. The van der Waals surface area contributed by atoms with E-state index in [0.29, 0.717) is 66.7 Å². The number of hydrogen-bond acceptors (Lipinski definition) is 13. The van der Waals surface area contributed by atoms with Crippen LogP contribution >= 0.6 is 0 Å². The van der Waals surface area contributed by atoms with Crippen molar-refractivity contribution in [3.05, 3.63) is 48.2 Å². The highest BCUT2D eigenvalue weighted by molar-refractivity contribution is 6.05. The molecule has 1 aliphatic heterocycles. The molecule has 3 aromatic heterocycles. The predicted octanol–water partition coefficient (Wildman–Crippen LogP) is 4.07. The fraction of sp³-hybridized carbons (Fsp3) is 0.500. The Bertz CT molecular complexity index is 1750. The molecule has 0 aliphatic carbocycles. The molecule has 14 heteroatoms. The highest BCUT2D eigenvalue weighted by Crippen LogP contribution is 2.34. The molecular weight excluding hydrogens is 646 g/mol. The zero-order chi connectivity index (χ0) is 35.6. The van der Waals surface area contributed by atoms with E-state index in [2.05, 4.69) is 15.2 Å². The Labute approximate surface area is 290 Å². The van der Waals surface area contributed by atoms with Gasteiger partial charge in [-0.1, -0.05) is 45.0 Å². The quantitative estimate of drug-likeness (QED) is 0.0922. The summed E-state index contributed by atoms with van der Waals surface area (Å²) >= 11 is 0. The lowest BCUT2D eigenvalue weighted by atomic mass is 9.94. The zero-order valence-electron chi connectivity index (χ0n) is 28.9. The predicted molar refractivity (Wildman–Crippen MR) is 185 cm³/mol. The number of carbonyl (C=O) groups is 3. The second kappa shape index (κ2) is 17.4. The van der Waals surface area contributed by atoms with Gasteiger partial charge in [0.25, 0.3) is 0 Å². The minimum Gasteiger partial charge on any atom is -0.460 e. The van der Waals surface area contributed by atoms with E-state index < -0.39 is 24.4 Å². The van der Waals surface area contributed by atoms with Crippen molar-refractivity contribution in [2.75, 3.05) is 51.5 Å². The molecule has 2 unspecified atom stereocenters. The lowest BCUT2D eigenvalue weighted by Crippen LogP contribution is -2.44. The number of rotatable bonds is 17. The SMILES string of the molecule is CCC(CO)OC(COC(=O)CCCC(=O)N[C@H](C(=O)c1ccc(-c2nc(N3CCOCC3)c3oc4ncccc4c3n2)cc1)C(C)C)OC. The highest BCUT2D eigenvalue weighted by atomic mass is 16.7. The Morgan fingerprint density at radius 2 is 1.82 bits per heavy atom. The normalized spacial score (nSPS) is 15.3. The smallest absolute Gasteiger partial charge is 0.305 e. The van der Waals surface area contributed by atoms with Gasteiger partial charge in [-0.3, -0.25) is 14.4 Å². The first kappa shape index (κ1) is 36.8. The number of aromatic nitrogens is 3. The van der Waals surface area contributed by atoms with Gasteiger partial charge in [0.05, 0.1) is 37.4 Å². The number of esters is 1. The van der Waals surface area contributed by atoms with E-state index in [1.807, 2.05) is 32.9 Å². The van der Waals surface area contributed by atoms with E-state index in [1.54, 1.807) is 30.5 Å². The number of nitrogens with one attached hydrogen (secondary N) is 1. The third-order valence-electron chi connectivity index (χ3n) is 8.51. The molecule has 1 aliphatic rings. The maximum Gasteiger partial charge on any atom is 0.305 e. The zero-order valence-corrected chi connectivity index (χ0v) is 28.9. The van der Waals surface area contributed by atoms with Crippen LogP contribution in [0.4, 0.5) is 5.82 Å². The summed E-state index contributed by atoms with van der Waals surface area (Å²) < 4.78 is 27.6. The van der Waals surface area contributed by atoms with Gasteiger partial charge in [-0.05, 0) is 30.9 Å². The van der Waals surface area contributed by atoms with Gasteiger partial charge in [0.2, 0.25) is 11.6 Å². The van der Waals surface area contributed by atoms with Crippen LogP contribution in [0, 0.1) is 5.92 Å². The summed E-state index contributed by atoms with van der Waals surface area (Å²) in [7, 11) is 1.42. The van der Waals surface area contributed by atoms with Gasteiger partial charge in [-0.25, -0.2) is 15.0 Å². The van der Waals surface area contributed by atoms with E-state index in [9.17, 15) is 19.5 Å². The Morgan fingerprint density at radius 1 is 1.06 bits per heavy atom. The van der Waals surface area contributed by atoms with Crippen molar-refractivity contribution in [1.29, 1.82) is 0 Å². The standard InChI is InChI=1S/C36H45N5O9/c1-5-25(20-42)49-29(46-4)21-48-28(44)10-6-9-27(43)38-30(22(2)3)32(45)23-11-13-24(14-12-23)34-39-31-26-8-7-15-37-36(26)50-33(31)35(40-34)41-16-18-47-19-17-41/h7-8,11-15,22,25,29-30,42H,5-6,9-10,16-21H2,1-4H3,(H,38,43)/t25?,29?,30-/m0/s1. The molecule has 3 atom stereocenters. The molecular formula is C36H45N5O9. The Hall–Kier alpha value is -4.50. The molecule has 1 saturated heterocycles. The van der Waals surface area contributed by atoms with Crippen LogP contribution in [0.2, 0.25) is 0 Å². The van der Waals surface area contributed by atoms with Crippen molar-refractivity contribution in [3.63, 3.8) is 0 Å². The maximum atomic E-state index is 13.6. The number of hydrogen-bond donors (Lipinski definition) is 2. The maximum absolute atomic E-state index is 13.6. The molecule has 14 nitrogen and oxygen atoms in total. The van der Waals surface area contributed by atoms with Gasteiger partial charge in [-0.2, -0.15) is 0 Å². The fourth-order valence-electron chi connectivity index (χ4n) is 5.60. The number of morpholine rings is 1. The van der Waals surface area contributed by atoms with Gasteiger partial charge in [-0.15, -0.1) is 0 Å². The third kappa shape index (κ3) is 8.99. The van der Waals surface area contributed by atoms with Crippen LogP contribution in [0.3, 0.4) is 0 Å². The first-order valence-corrected chi connectivity index (χ1v) is 17.0. The molecule has 2 N–H and O–H groups in total. The lowest BCUT2D eigenvalue weighted by molar-refractivity contribution is -0.194. The van der Waals surface area contributed by atoms with Gasteiger partial charge in [0.1, 0.15) is 12.1 Å². The van der Waals surface area contributed by atoms with Crippen molar-refractivity contribution in [1.82, 2.24) is 20.3 Å². The first-order chi connectivity index (χ1) is 24.2. The van der Waals surface area contributed by atoms with Gasteiger partial charge >= 0.3 is 5.97 Å². The summed E-state index contributed by atoms with van der Waals surface area (Å²) in [5, 5.41) is 12.9. The second-order valence-electron chi connectivity index (χ2n) is 12.4. The van der Waals surface area contributed by atoms with Crippen molar-refractivity contribution in [3.8, 4) is 11.4 Å². The van der Waals surface area contributed by atoms with Crippen LogP contribution in [0.1, 0.15) is 56.8 Å².